The molecule has 2 aromatic carbocycles. The van der Waals surface area contributed by atoms with Gasteiger partial charge in [-0.25, -0.2) is 0 Å². The Morgan fingerprint density at radius 2 is 1.89 bits per heavy atom. The summed E-state index contributed by atoms with van der Waals surface area (Å²) in [6.45, 7) is 5.41. The fraction of sp³-hybridized carbons (Fsp3) is 0.190. The largest absolute Gasteiger partial charge is 0.323 e. The van der Waals surface area contributed by atoms with Crippen molar-refractivity contribution in [3.63, 3.8) is 0 Å². The third kappa shape index (κ3) is 3.89. The monoisotopic (exact) mass is 363 g/mol. The molecular weight excluding hydrogens is 342 g/mol. The third-order valence-corrected chi connectivity index (χ3v) is 4.61. The van der Waals surface area contributed by atoms with E-state index in [2.05, 4.69) is 17.2 Å². The number of anilines is 3. The van der Waals surface area contributed by atoms with Crippen LogP contribution in [-0.2, 0) is 9.59 Å². The number of hydrogen-bond acceptors (Lipinski definition) is 3. The van der Waals surface area contributed by atoms with Gasteiger partial charge in [0.05, 0.1) is 0 Å². The van der Waals surface area contributed by atoms with Gasteiger partial charge in [0.15, 0.2) is 0 Å². The topological polar surface area (TPSA) is 78.5 Å². The number of amides is 3. The zero-order valence-electron chi connectivity index (χ0n) is 15.3. The van der Waals surface area contributed by atoms with Gasteiger partial charge in [0.2, 0.25) is 11.8 Å². The fourth-order valence-electron chi connectivity index (χ4n) is 3.11. The van der Waals surface area contributed by atoms with E-state index in [-0.39, 0.29) is 23.6 Å². The molecule has 1 atom stereocenters. The van der Waals surface area contributed by atoms with Crippen LogP contribution in [0.25, 0.3) is 0 Å². The maximum Gasteiger partial charge on any atom is 0.255 e. The summed E-state index contributed by atoms with van der Waals surface area (Å²) in [5.74, 6) is -0.435. The summed E-state index contributed by atoms with van der Waals surface area (Å²) in [6.07, 6.45) is 1.62. The van der Waals surface area contributed by atoms with E-state index < -0.39 is 0 Å². The van der Waals surface area contributed by atoms with E-state index in [0.29, 0.717) is 23.4 Å². The molecule has 0 aromatic heterocycles. The molecule has 1 aliphatic heterocycles. The number of benzene rings is 2. The Balaban J connectivity index is 1.80. The molecule has 2 aromatic rings. The molecule has 3 rings (SSSR count). The fourth-order valence-corrected chi connectivity index (χ4v) is 3.11. The van der Waals surface area contributed by atoms with Crippen LogP contribution in [0.1, 0.15) is 35.2 Å². The van der Waals surface area contributed by atoms with Crippen LogP contribution in [0.5, 0.6) is 0 Å². The van der Waals surface area contributed by atoms with Crippen molar-refractivity contribution in [1.29, 1.82) is 0 Å². The van der Waals surface area contributed by atoms with Gasteiger partial charge in [-0.2, -0.15) is 0 Å². The molecule has 1 aliphatic rings. The van der Waals surface area contributed by atoms with Gasteiger partial charge in [0.1, 0.15) is 0 Å². The first-order valence-corrected chi connectivity index (χ1v) is 8.64. The highest BCUT2D eigenvalue weighted by molar-refractivity contribution is 6.06. The maximum absolute atomic E-state index is 12.6. The first-order valence-electron chi connectivity index (χ1n) is 8.64. The molecule has 0 aliphatic carbocycles. The van der Waals surface area contributed by atoms with Crippen molar-refractivity contribution < 1.29 is 14.4 Å². The molecule has 0 spiro atoms. The summed E-state index contributed by atoms with van der Waals surface area (Å²) in [4.78, 5) is 37.6. The van der Waals surface area contributed by atoms with E-state index in [1.165, 1.54) is 6.08 Å². The van der Waals surface area contributed by atoms with Crippen molar-refractivity contribution in [3.05, 3.63) is 66.2 Å². The van der Waals surface area contributed by atoms with Crippen molar-refractivity contribution in [2.24, 2.45) is 0 Å². The van der Waals surface area contributed by atoms with Gasteiger partial charge < -0.3 is 15.5 Å². The predicted octanol–water partition coefficient (Wildman–Crippen LogP) is 3.53. The Hall–Kier alpha value is -3.41. The minimum absolute atomic E-state index is 0.0881. The number of fused-ring (bicyclic) bond motifs is 1. The lowest BCUT2D eigenvalue weighted by atomic mass is 9.91. The van der Waals surface area contributed by atoms with Gasteiger partial charge in [0.25, 0.3) is 5.91 Å². The molecule has 0 bridgehead atoms. The zero-order valence-corrected chi connectivity index (χ0v) is 15.3. The van der Waals surface area contributed by atoms with E-state index in [1.54, 1.807) is 42.3 Å². The summed E-state index contributed by atoms with van der Waals surface area (Å²) in [6, 6.07) is 12.2. The lowest BCUT2D eigenvalue weighted by molar-refractivity contribution is -0.119. The first kappa shape index (κ1) is 18.4. The lowest BCUT2D eigenvalue weighted by Crippen LogP contribution is -2.32. The van der Waals surface area contributed by atoms with E-state index in [4.69, 9.17) is 0 Å². The highest BCUT2D eigenvalue weighted by Crippen LogP contribution is 2.36. The third-order valence-electron chi connectivity index (χ3n) is 4.61. The van der Waals surface area contributed by atoms with Crippen LogP contribution < -0.4 is 15.5 Å². The molecule has 0 radical (unpaired) electrons. The second kappa shape index (κ2) is 7.45. The minimum atomic E-state index is -0.338. The van der Waals surface area contributed by atoms with Gasteiger partial charge in [-0.3, -0.25) is 14.4 Å². The highest BCUT2D eigenvalue weighted by atomic mass is 16.2. The summed E-state index contributed by atoms with van der Waals surface area (Å²) >= 11 is 0. The Morgan fingerprint density at radius 3 is 2.63 bits per heavy atom. The Bertz CT molecular complexity index is 936. The normalized spacial score (nSPS) is 15.7. The van der Waals surface area contributed by atoms with Crippen molar-refractivity contribution in [3.8, 4) is 0 Å². The van der Waals surface area contributed by atoms with Gasteiger partial charge >= 0.3 is 0 Å². The number of carbonyl (C=O) groups excluding carboxylic acids is 3. The van der Waals surface area contributed by atoms with Crippen LogP contribution in [0.3, 0.4) is 0 Å². The van der Waals surface area contributed by atoms with Gasteiger partial charge in [-0.15, -0.1) is 0 Å². The summed E-state index contributed by atoms with van der Waals surface area (Å²) in [7, 11) is 1.76. The SMILES string of the molecule is C=CC(=O)Nc1cccc(C(=O)Nc2ccc3c(c2)C(C)CC(=O)N3C)c1. The van der Waals surface area contributed by atoms with Gasteiger partial charge in [0, 0.05) is 36.1 Å². The maximum atomic E-state index is 12.6. The predicted molar refractivity (Wildman–Crippen MR) is 106 cm³/mol. The summed E-state index contributed by atoms with van der Waals surface area (Å²) < 4.78 is 0. The van der Waals surface area contributed by atoms with Crippen molar-refractivity contribution >= 4 is 34.8 Å². The van der Waals surface area contributed by atoms with E-state index >= 15 is 0 Å². The van der Waals surface area contributed by atoms with E-state index in [1.807, 2.05) is 19.1 Å². The van der Waals surface area contributed by atoms with Crippen LogP contribution in [0.2, 0.25) is 0 Å². The number of hydrogen-bond donors (Lipinski definition) is 2. The van der Waals surface area contributed by atoms with Crippen molar-refractivity contribution in [1.82, 2.24) is 0 Å². The molecule has 0 saturated heterocycles. The molecule has 0 saturated carbocycles. The average molecular weight is 363 g/mol. The molecule has 27 heavy (non-hydrogen) atoms. The second-order valence-electron chi connectivity index (χ2n) is 6.56. The van der Waals surface area contributed by atoms with Crippen LogP contribution in [0, 0.1) is 0 Å². The van der Waals surface area contributed by atoms with Crippen molar-refractivity contribution in [2.75, 3.05) is 22.6 Å². The number of rotatable bonds is 4. The molecule has 3 amide bonds. The molecule has 138 valence electrons. The highest BCUT2D eigenvalue weighted by Gasteiger charge is 2.26. The van der Waals surface area contributed by atoms with E-state index in [9.17, 15) is 14.4 Å². The quantitative estimate of drug-likeness (QED) is 0.816. The molecule has 6 heteroatoms. The Kier molecular flexibility index (Phi) is 5.07. The Labute approximate surface area is 157 Å². The average Bonchev–Trinajstić information content (AvgIpc) is 2.66. The molecule has 6 nitrogen and oxygen atoms in total. The smallest absolute Gasteiger partial charge is 0.255 e. The number of nitrogens with zero attached hydrogens (tertiary/aromatic N) is 1. The van der Waals surface area contributed by atoms with E-state index in [0.717, 1.165) is 11.3 Å². The molecule has 0 fully saturated rings. The zero-order chi connectivity index (χ0) is 19.6. The molecule has 1 unspecified atom stereocenters. The summed E-state index contributed by atoms with van der Waals surface area (Å²) in [5, 5.41) is 5.51. The molecule has 1 heterocycles. The van der Waals surface area contributed by atoms with Crippen LogP contribution >= 0.6 is 0 Å². The number of nitrogens with one attached hydrogen (secondary N) is 2. The summed E-state index contributed by atoms with van der Waals surface area (Å²) in [5.41, 5.74) is 3.50. The molecule has 2 N–H and O–H groups in total. The van der Waals surface area contributed by atoms with Crippen molar-refractivity contribution in [2.45, 2.75) is 19.3 Å². The second-order valence-corrected chi connectivity index (χ2v) is 6.56. The van der Waals surface area contributed by atoms with Crippen LogP contribution in [0.4, 0.5) is 17.1 Å². The van der Waals surface area contributed by atoms with Gasteiger partial charge in [-0.1, -0.05) is 19.6 Å². The Morgan fingerprint density at radius 1 is 1.15 bits per heavy atom. The number of carbonyl (C=O) groups is 3. The molecular formula is C21H21N3O3. The van der Waals surface area contributed by atoms with Crippen LogP contribution in [-0.4, -0.2) is 24.8 Å². The minimum Gasteiger partial charge on any atom is -0.323 e. The standard InChI is InChI=1S/C21H21N3O3/c1-4-19(25)22-15-7-5-6-14(11-15)21(27)23-16-8-9-18-17(12-16)13(2)10-20(26)24(18)3/h4-9,11-13H,1,10H2,2-3H3,(H,22,25)(H,23,27). The van der Waals surface area contributed by atoms with Gasteiger partial charge in [-0.05, 0) is 54.0 Å². The van der Waals surface area contributed by atoms with Crippen LogP contribution in [0.15, 0.2) is 55.1 Å². The first-order chi connectivity index (χ1) is 12.9. The lowest BCUT2D eigenvalue weighted by Gasteiger charge is -2.30.